The van der Waals surface area contributed by atoms with Crippen molar-refractivity contribution in [2.24, 2.45) is 0 Å². The average Bonchev–Trinajstić information content (AvgIpc) is 3.61. The molecule has 2 nitrogen and oxygen atoms in total. The van der Waals surface area contributed by atoms with Gasteiger partial charge < -0.3 is 9.32 Å². The standard InChI is InChI=1S/C42H34BNO/c1-25(2)29-12-6-9-18-37(29)44-38-24-28(27-20-21-40-33(22-27)32-14-7-10-19-39(32)45-40)23-34-31-13-5-8-16-35(31)43(41(34)38)36-17-11-15-30(26(3)4)42(36)44/h5-26H,1-4H3. The molecule has 3 heterocycles. The second-order valence-electron chi connectivity index (χ2n) is 13.3. The van der Waals surface area contributed by atoms with Crippen LogP contribution in [-0.2, 0) is 0 Å². The summed E-state index contributed by atoms with van der Waals surface area (Å²) in [7, 11) is 0. The number of para-hydroxylation sites is 3. The summed E-state index contributed by atoms with van der Waals surface area (Å²) >= 11 is 0. The zero-order valence-electron chi connectivity index (χ0n) is 26.1. The molecule has 1 aromatic heterocycles. The van der Waals surface area contributed by atoms with Crippen molar-refractivity contribution in [2.75, 3.05) is 4.90 Å². The van der Waals surface area contributed by atoms with E-state index in [0.29, 0.717) is 11.8 Å². The molecule has 2 aliphatic rings. The van der Waals surface area contributed by atoms with Gasteiger partial charge in [0.2, 0.25) is 6.71 Å². The molecular weight excluding hydrogens is 545 g/mol. The lowest BCUT2D eigenvalue weighted by Crippen LogP contribution is -2.55. The smallest absolute Gasteiger partial charge is 0.248 e. The van der Waals surface area contributed by atoms with Crippen LogP contribution in [0.15, 0.2) is 126 Å². The van der Waals surface area contributed by atoms with E-state index >= 15 is 0 Å². The van der Waals surface area contributed by atoms with Gasteiger partial charge in [0.25, 0.3) is 0 Å². The van der Waals surface area contributed by atoms with Crippen LogP contribution in [0.1, 0.15) is 50.7 Å². The number of furan rings is 1. The summed E-state index contributed by atoms with van der Waals surface area (Å²) < 4.78 is 6.21. The predicted octanol–water partition coefficient (Wildman–Crippen LogP) is 9.78. The van der Waals surface area contributed by atoms with E-state index in [0.717, 1.165) is 21.9 Å². The van der Waals surface area contributed by atoms with Crippen molar-refractivity contribution in [3.63, 3.8) is 0 Å². The number of anilines is 3. The van der Waals surface area contributed by atoms with Gasteiger partial charge in [-0.05, 0) is 92.5 Å². The SMILES string of the molecule is CC(C)c1ccccc1N1c2cc(-c3ccc4oc5ccccc5c4c3)cc3c2B(c2ccccc2-3)c2cccc(C(C)C)c21. The van der Waals surface area contributed by atoms with Crippen molar-refractivity contribution in [3.05, 3.63) is 132 Å². The van der Waals surface area contributed by atoms with E-state index in [4.69, 9.17) is 4.42 Å². The highest BCUT2D eigenvalue weighted by molar-refractivity contribution is 7.01. The Kier molecular flexibility index (Phi) is 5.71. The minimum atomic E-state index is 0.205. The fourth-order valence-electron chi connectivity index (χ4n) is 7.98. The Morgan fingerprint density at radius 2 is 1.24 bits per heavy atom. The van der Waals surface area contributed by atoms with E-state index in [1.54, 1.807) is 0 Å². The van der Waals surface area contributed by atoms with Gasteiger partial charge in [-0.2, -0.15) is 0 Å². The Hall–Kier alpha value is -5.02. The molecule has 0 saturated carbocycles. The minimum Gasteiger partial charge on any atom is -0.456 e. The second kappa shape index (κ2) is 9.74. The van der Waals surface area contributed by atoms with Gasteiger partial charge in [0.1, 0.15) is 11.2 Å². The van der Waals surface area contributed by atoms with Crippen molar-refractivity contribution in [1.82, 2.24) is 0 Å². The molecule has 0 saturated heterocycles. The van der Waals surface area contributed by atoms with E-state index < -0.39 is 0 Å². The maximum atomic E-state index is 6.21. The predicted molar refractivity (Wildman–Crippen MR) is 192 cm³/mol. The Bertz CT molecular complexity index is 2310. The summed E-state index contributed by atoms with van der Waals surface area (Å²) in [6.07, 6.45) is 0. The molecule has 2 aliphatic heterocycles. The molecule has 0 amide bonds. The van der Waals surface area contributed by atoms with Gasteiger partial charge in [-0.1, -0.05) is 118 Å². The van der Waals surface area contributed by atoms with E-state index in [9.17, 15) is 0 Å². The van der Waals surface area contributed by atoms with Crippen LogP contribution in [0.2, 0.25) is 0 Å². The lowest BCUT2D eigenvalue weighted by Gasteiger charge is -2.39. The first-order valence-electron chi connectivity index (χ1n) is 16.2. The fourth-order valence-corrected chi connectivity index (χ4v) is 7.98. The summed E-state index contributed by atoms with van der Waals surface area (Å²) in [6.45, 7) is 9.47. The zero-order chi connectivity index (χ0) is 30.4. The van der Waals surface area contributed by atoms with Gasteiger partial charge in [0.15, 0.2) is 0 Å². The maximum Gasteiger partial charge on any atom is 0.248 e. The molecular formula is C42H34BNO. The van der Waals surface area contributed by atoms with Crippen LogP contribution in [0, 0.1) is 0 Å². The topological polar surface area (TPSA) is 16.4 Å². The highest BCUT2D eigenvalue weighted by atomic mass is 16.3. The molecule has 6 aromatic carbocycles. The van der Waals surface area contributed by atoms with Gasteiger partial charge in [0.05, 0.1) is 0 Å². The molecule has 0 unspecified atom stereocenters. The first-order valence-corrected chi connectivity index (χ1v) is 16.2. The van der Waals surface area contributed by atoms with Crippen LogP contribution in [-0.4, -0.2) is 6.71 Å². The van der Waals surface area contributed by atoms with Crippen LogP contribution < -0.4 is 21.3 Å². The fraction of sp³-hybridized carbons (Fsp3) is 0.143. The first kappa shape index (κ1) is 26.4. The van der Waals surface area contributed by atoms with Crippen molar-refractivity contribution in [3.8, 4) is 22.3 Å². The quantitative estimate of drug-likeness (QED) is 0.193. The molecule has 0 N–H and O–H groups in total. The zero-order valence-corrected chi connectivity index (χ0v) is 26.1. The molecule has 216 valence electrons. The molecule has 45 heavy (non-hydrogen) atoms. The number of hydrogen-bond donors (Lipinski definition) is 0. The highest BCUT2D eigenvalue weighted by Crippen LogP contribution is 2.47. The Labute approximate surface area is 265 Å². The highest BCUT2D eigenvalue weighted by Gasteiger charge is 2.44. The molecule has 7 aromatic rings. The summed E-state index contributed by atoms with van der Waals surface area (Å²) in [5, 5.41) is 2.32. The van der Waals surface area contributed by atoms with Crippen LogP contribution in [0.25, 0.3) is 44.2 Å². The van der Waals surface area contributed by atoms with Crippen molar-refractivity contribution >= 4 is 62.1 Å². The van der Waals surface area contributed by atoms with Gasteiger partial charge in [-0.3, -0.25) is 0 Å². The second-order valence-corrected chi connectivity index (χ2v) is 13.3. The first-order chi connectivity index (χ1) is 22.0. The summed E-state index contributed by atoms with van der Waals surface area (Å²) in [5.41, 5.74) is 17.8. The molecule has 0 radical (unpaired) electrons. The molecule has 0 spiro atoms. The van der Waals surface area contributed by atoms with Gasteiger partial charge in [0, 0.05) is 27.8 Å². The van der Waals surface area contributed by atoms with Gasteiger partial charge in [-0.15, -0.1) is 0 Å². The van der Waals surface area contributed by atoms with Crippen molar-refractivity contribution in [2.45, 2.75) is 39.5 Å². The lowest BCUT2D eigenvalue weighted by atomic mass is 9.37. The minimum absolute atomic E-state index is 0.205. The number of rotatable bonds is 4. The number of fused-ring (bicyclic) bond motifs is 8. The van der Waals surface area contributed by atoms with E-state index in [2.05, 4.69) is 148 Å². The summed E-state index contributed by atoms with van der Waals surface area (Å²) in [6, 6.07) is 45.0. The van der Waals surface area contributed by atoms with Gasteiger partial charge >= 0.3 is 0 Å². The van der Waals surface area contributed by atoms with Crippen molar-refractivity contribution < 1.29 is 4.42 Å². The molecule has 0 fully saturated rings. The third-order valence-corrected chi connectivity index (χ3v) is 10.0. The van der Waals surface area contributed by atoms with Crippen LogP contribution in [0.5, 0.6) is 0 Å². The number of benzene rings is 6. The monoisotopic (exact) mass is 579 g/mol. The maximum absolute atomic E-state index is 6.21. The normalized spacial score (nSPS) is 13.2. The van der Waals surface area contributed by atoms with Crippen LogP contribution in [0.3, 0.4) is 0 Å². The average molecular weight is 580 g/mol. The number of hydrogen-bond acceptors (Lipinski definition) is 2. The van der Waals surface area contributed by atoms with Crippen LogP contribution >= 0.6 is 0 Å². The summed E-state index contributed by atoms with van der Waals surface area (Å²) in [4.78, 5) is 2.61. The summed E-state index contributed by atoms with van der Waals surface area (Å²) in [5.74, 6) is 0.769. The Morgan fingerprint density at radius 3 is 2.11 bits per heavy atom. The molecule has 0 bridgehead atoms. The van der Waals surface area contributed by atoms with E-state index in [1.807, 2.05) is 6.07 Å². The number of nitrogens with zero attached hydrogens (tertiary/aromatic N) is 1. The van der Waals surface area contributed by atoms with Gasteiger partial charge in [-0.25, -0.2) is 0 Å². The van der Waals surface area contributed by atoms with Crippen LogP contribution in [0.4, 0.5) is 17.1 Å². The molecule has 0 atom stereocenters. The van der Waals surface area contributed by atoms with E-state index in [-0.39, 0.29) is 6.71 Å². The van der Waals surface area contributed by atoms with E-state index in [1.165, 1.54) is 66.8 Å². The molecule has 0 aliphatic carbocycles. The lowest BCUT2D eigenvalue weighted by molar-refractivity contribution is 0.669. The Balaban J connectivity index is 1.39. The third kappa shape index (κ3) is 3.77. The largest absolute Gasteiger partial charge is 0.456 e. The Morgan fingerprint density at radius 1 is 0.533 bits per heavy atom. The molecule has 9 rings (SSSR count). The third-order valence-electron chi connectivity index (χ3n) is 10.0. The van der Waals surface area contributed by atoms with Crippen molar-refractivity contribution in [1.29, 1.82) is 0 Å². The molecule has 3 heteroatoms.